The molecule has 0 aromatic rings. The second kappa shape index (κ2) is 8.29. The summed E-state index contributed by atoms with van der Waals surface area (Å²) in [6, 6.07) is 0.0381. The first-order valence-corrected chi connectivity index (χ1v) is 10.6. The van der Waals surface area contributed by atoms with Gasteiger partial charge in [-0.3, -0.25) is 9.59 Å². The van der Waals surface area contributed by atoms with Crippen LogP contribution in [0.1, 0.15) is 45.4 Å². The monoisotopic (exact) mass is 359 g/mol. The van der Waals surface area contributed by atoms with Crippen LogP contribution in [-0.4, -0.2) is 79.4 Å². The first-order valence-electron chi connectivity index (χ1n) is 8.79. The van der Waals surface area contributed by atoms with Gasteiger partial charge in [-0.25, -0.2) is 8.42 Å². The highest BCUT2D eigenvalue weighted by Gasteiger charge is 2.29. The highest BCUT2D eigenvalue weighted by atomic mass is 32.2. The molecule has 1 aliphatic carbocycles. The lowest BCUT2D eigenvalue weighted by Crippen LogP contribution is -2.51. The summed E-state index contributed by atoms with van der Waals surface area (Å²) in [6.07, 6.45) is 6.49. The van der Waals surface area contributed by atoms with Gasteiger partial charge in [-0.1, -0.05) is 19.3 Å². The Morgan fingerprint density at radius 1 is 1.00 bits per heavy atom. The van der Waals surface area contributed by atoms with Crippen LogP contribution in [0.15, 0.2) is 0 Å². The lowest BCUT2D eigenvalue weighted by Gasteiger charge is -2.35. The molecule has 1 saturated carbocycles. The molecule has 2 fully saturated rings. The molecule has 138 valence electrons. The zero-order chi connectivity index (χ0) is 17.7. The molecule has 2 rings (SSSR count). The van der Waals surface area contributed by atoms with Gasteiger partial charge in [-0.2, -0.15) is 4.31 Å². The molecule has 0 bridgehead atoms. The number of carbonyl (C=O) groups excluding carboxylic acids is 2. The van der Waals surface area contributed by atoms with Crippen molar-refractivity contribution < 1.29 is 18.0 Å². The predicted octanol–water partition coefficient (Wildman–Crippen LogP) is 0.662. The van der Waals surface area contributed by atoms with Crippen LogP contribution in [0, 0.1) is 0 Å². The van der Waals surface area contributed by atoms with Gasteiger partial charge < -0.3 is 9.80 Å². The van der Waals surface area contributed by atoms with E-state index in [1.165, 1.54) is 17.5 Å². The minimum atomic E-state index is -3.30. The van der Waals surface area contributed by atoms with Gasteiger partial charge >= 0.3 is 0 Å². The molecular weight excluding hydrogens is 330 g/mol. The van der Waals surface area contributed by atoms with E-state index in [0.717, 1.165) is 32.1 Å². The summed E-state index contributed by atoms with van der Waals surface area (Å²) in [5, 5.41) is 0. The zero-order valence-electron chi connectivity index (χ0n) is 14.7. The van der Waals surface area contributed by atoms with Gasteiger partial charge in [0.2, 0.25) is 21.8 Å². The fraction of sp³-hybridized carbons (Fsp3) is 0.875. The second-order valence-electron chi connectivity index (χ2n) is 6.80. The third-order valence-electron chi connectivity index (χ3n) is 5.03. The van der Waals surface area contributed by atoms with E-state index in [1.807, 2.05) is 0 Å². The van der Waals surface area contributed by atoms with Gasteiger partial charge in [0.1, 0.15) is 0 Å². The van der Waals surface area contributed by atoms with Crippen LogP contribution in [0.3, 0.4) is 0 Å². The number of hydrogen-bond donors (Lipinski definition) is 0. The topological polar surface area (TPSA) is 78.0 Å². The molecular formula is C16H29N3O4S. The first-order chi connectivity index (χ1) is 11.3. The number of hydrogen-bond acceptors (Lipinski definition) is 4. The van der Waals surface area contributed by atoms with Crippen LogP contribution in [0.25, 0.3) is 0 Å². The van der Waals surface area contributed by atoms with Crippen molar-refractivity contribution in [2.45, 2.75) is 51.5 Å². The number of carbonyl (C=O) groups is 2. The van der Waals surface area contributed by atoms with E-state index in [1.54, 1.807) is 9.80 Å². The highest BCUT2D eigenvalue weighted by molar-refractivity contribution is 7.88. The van der Waals surface area contributed by atoms with Crippen molar-refractivity contribution in [1.82, 2.24) is 14.1 Å². The standard InChI is InChI=1S/C16H29N3O4S/c1-14(20)17-10-12-18(13-11-17)16(21)8-9-19(24(2,22)23)15-6-4-3-5-7-15/h15H,3-13H2,1-2H3. The van der Waals surface area contributed by atoms with Crippen LogP contribution in [-0.2, 0) is 19.6 Å². The summed E-state index contributed by atoms with van der Waals surface area (Å²) in [4.78, 5) is 27.2. The molecule has 7 nitrogen and oxygen atoms in total. The highest BCUT2D eigenvalue weighted by Crippen LogP contribution is 2.24. The molecule has 24 heavy (non-hydrogen) atoms. The zero-order valence-corrected chi connectivity index (χ0v) is 15.6. The molecule has 1 saturated heterocycles. The minimum absolute atomic E-state index is 0.0253. The van der Waals surface area contributed by atoms with Crippen molar-refractivity contribution in [3.8, 4) is 0 Å². The minimum Gasteiger partial charge on any atom is -0.339 e. The molecule has 1 heterocycles. The Morgan fingerprint density at radius 2 is 1.54 bits per heavy atom. The van der Waals surface area contributed by atoms with Crippen molar-refractivity contribution in [1.29, 1.82) is 0 Å². The Kier molecular flexibility index (Phi) is 6.62. The van der Waals surface area contributed by atoms with Crippen molar-refractivity contribution in [2.75, 3.05) is 39.0 Å². The molecule has 0 radical (unpaired) electrons. The normalized spacial score (nSPS) is 20.5. The molecule has 2 amide bonds. The molecule has 0 spiro atoms. The number of piperazine rings is 1. The maximum absolute atomic E-state index is 12.4. The van der Waals surface area contributed by atoms with Gasteiger partial charge in [0.05, 0.1) is 6.26 Å². The Labute approximate surface area is 145 Å². The van der Waals surface area contributed by atoms with E-state index in [4.69, 9.17) is 0 Å². The summed E-state index contributed by atoms with van der Waals surface area (Å²) in [5.74, 6) is 0.00492. The van der Waals surface area contributed by atoms with Crippen LogP contribution in [0.4, 0.5) is 0 Å². The Balaban J connectivity index is 1.87. The molecule has 1 aliphatic heterocycles. The Hall–Kier alpha value is -1.15. The summed E-state index contributed by atoms with van der Waals surface area (Å²) in [5.41, 5.74) is 0. The van der Waals surface area contributed by atoms with Gasteiger partial charge in [-0.05, 0) is 12.8 Å². The first kappa shape index (κ1) is 19.2. The van der Waals surface area contributed by atoms with Crippen LogP contribution >= 0.6 is 0 Å². The number of sulfonamides is 1. The second-order valence-corrected chi connectivity index (χ2v) is 8.74. The summed E-state index contributed by atoms with van der Waals surface area (Å²) in [7, 11) is -3.30. The summed E-state index contributed by atoms with van der Waals surface area (Å²) < 4.78 is 25.7. The Morgan fingerprint density at radius 3 is 2.04 bits per heavy atom. The van der Waals surface area contributed by atoms with Gasteiger partial charge in [0.25, 0.3) is 0 Å². The van der Waals surface area contributed by atoms with E-state index in [2.05, 4.69) is 0 Å². The molecule has 2 aliphatic rings. The molecule has 0 atom stereocenters. The lowest BCUT2D eigenvalue weighted by molar-refractivity contribution is -0.138. The SMILES string of the molecule is CC(=O)N1CCN(C(=O)CCN(C2CCCCC2)S(C)(=O)=O)CC1. The largest absolute Gasteiger partial charge is 0.339 e. The van der Waals surface area contributed by atoms with Crippen molar-refractivity contribution in [3.63, 3.8) is 0 Å². The van der Waals surface area contributed by atoms with E-state index < -0.39 is 10.0 Å². The van der Waals surface area contributed by atoms with Crippen molar-refractivity contribution >= 4 is 21.8 Å². The van der Waals surface area contributed by atoms with E-state index in [0.29, 0.717) is 26.2 Å². The number of rotatable bonds is 5. The summed E-state index contributed by atoms with van der Waals surface area (Å²) >= 11 is 0. The van der Waals surface area contributed by atoms with Gasteiger partial charge in [0, 0.05) is 52.1 Å². The fourth-order valence-electron chi connectivity index (χ4n) is 3.62. The lowest BCUT2D eigenvalue weighted by atomic mass is 9.95. The van der Waals surface area contributed by atoms with Gasteiger partial charge in [0.15, 0.2) is 0 Å². The van der Waals surface area contributed by atoms with Crippen molar-refractivity contribution in [2.24, 2.45) is 0 Å². The fourth-order valence-corrected chi connectivity index (χ4v) is 4.80. The Bertz CT molecular complexity index is 550. The molecule has 0 unspecified atom stereocenters. The average molecular weight is 359 g/mol. The van der Waals surface area contributed by atoms with Crippen LogP contribution < -0.4 is 0 Å². The predicted molar refractivity (Wildman–Crippen MR) is 91.9 cm³/mol. The smallest absolute Gasteiger partial charge is 0.224 e. The quantitative estimate of drug-likeness (QED) is 0.722. The maximum atomic E-state index is 12.4. The van der Waals surface area contributed by atoms with E-state index in [9.17, 15) is 18.0 Å². The molecule has 8 heteroatoms. The van der Waals surface area contributed by atoms with E-state index >= 15 is 0 Å². The number of amides is 2. The van der Waals surface area contributed by atoms with Crippen LogP contribution in [0.5, 0.6) is 0 Å². The third kappa shape index (κ3) is 5.17. The van der Waals surface area contributed by atoms with Gasteiger partial charge in [-0.15, -0.1) is 0 Å². The average Bonchev–Trinajstić information content (AvgIpc) is 2.54. The molecule has 0 aromatic heterocycles. The van der Waals surface area contributed by atoms with Crippen LogP contribution in [0.2, 0.25) is 0 Å². The molecule has 0 aromatic carbocycles. The third-order valence-corrected chi connectivity index (χ3v) is 6.36. The van der Waals surface area contributed by atoms with Crippen molar-refractivity contribution in [3.05, 3.63) is 0 Å². The maximum Gasteiger partial charge on any atom is 0.224 e. The van der Waals surface area contributed by atoms with E-state index in [-0.39, 0.29) is 30.8 Å². The number of nitrogens with zero attached hydrogens (tertiary/aromatic N) is 3. The summed E-state index contributed by atoms with van der Waals surface area (Å²) in [6.45, 7) is 3.96. The molecule has 0 N–H and O–H groups in total.